The Bertz CT molecular complexity index is 651. The van der Waals surface area contributed by atoms with E-state index >= 15 is 0 Å². The van der Waals surface area contributed by atoms with Crippen molar-refractivity contribution in [3.63, 3.8) is 0 Å². The van der Waals surface area contributed by atoms with Gasteiger partial charge in [0.2, 0.25) is 0 Å². The molecule has 0 aliphatic heterocycles. The van der Waals surface area contributed by atoms with Gasteiger partial charge in [-0.25, -0.2) is 0 Å². The highest BCUT2D eigenvalue weighted by molar-refractivity contribution is 5.44. The Morgan fingerprint density at radius 3 is 2.19 bits per heavy atom. The van der Waals surface area contributed by atoms with E-state index in [9.17, 15) is 10.2 Å². The highest BCUT2D eigenvalue weighted by atomic mass is 16.3. The van der Waals surface area contributed by atoms with Gasteiger partial charge in [0.1, 0.15) is 11.9 Å². The van der Waals surface area contributed by atoms with Gasteiger partial charge in [-0.05, 0) is 42.5 Å². The molecule has 0 bridgehead atoms. The second kappa shape index (κ2) is 5.53. The minimum Gasteiger partial charge on any atom is -0.508 e. The summed E-state index contributed by atoms with van der Waals surface area (Å²) < 4.78 is 0. The molecule has 1 atom stereocenters. The van der Waals surface area contributed by atoms with Crippen LogP contribution >= 0.6 is 0 Å². The summed E-state index contributed by atoms with van der Waals surface area (Å²) in [5, 5.41) is 20.7. The number of phenols is 1. The normalized spacial score (nSPS) is 13.2. The molecular formula is C19H24O2. The SMILES string of the molecule is Cc1cc(C(O)c2cc(C)ccc2O)cc(C(C)(C)C)c1. The number of aliphatic hydroxyl groups is 1. The largest absolute Gasteiger partial charge is 0.508 e. The molecule has 0 aromatic heterocycles. The molecule has 0 saturated heterocycles. The molecule has 2 N–H and O–H groups in total. The second-order valence-corrected chi connectivity index (χ2v) is 6.85. The highest BCUT2D eigenvalue weighted by Crippen LogP contribution is 2.33. The Morgan fingerprint density at radius 1 is 0.905 bits per heavy atom. The van der Waals surface area contributed by atoms with Crippen molar-refractivity contribution >= 4 is 0 Å². The molecule has 0 fully saturated rings. The fourth-order valence-electron chi connectivity index (χ4n) is 2.48. The van der Waals surface area contributed by atoms with Gasteiger partial charge < -0.3 is 10.2 Å². The van der Waals surface area contributed by atoms with Crippen molar-refractivity contribution in [3.8, 4) is 5.75 Å². The lowest BCUT2D eigenvalue weighted by Crippen LogP contribution is -2.13. The first-order valence-electron chi connectivity index (χ1n) is 7.28. The summed E-state index contributed by atoms with van der Waals surface area (Å²) in [7, 11) is 0. The Morgan fingerprint density at radius 2 is 1.57 bits per heavy atom. The van der Waals surface area contributed by atoms with Crippen LogP contribution in [-0.2, 0) is 5.41 Å². The summed E-state index contributed by atoms with van der Waals surface area (Å²) >= 11 is 0. The lowest BCUT2D eigenvalue weighted by atomic mass is 9.84. The van der Waals surface area contributed by atoms with E-state index in [1.807, 2.05) is 38.1 Å². The smallest absolute Gasteiger partial charge is 0.121 e. The van der Waals surface area contributed by atoms with E-state index in [4.69, 9.17) is 0 Å². The van der Waals surface area contributed by atoms with E-state index in [0.29, 0.717) is 5.56 Å². The topological polar surface area (TPSA) is 40.5 Å². The molecule has 112 valence electrons. The maximum atomic E-state index is 10.7. The van der Waals surface area contributed by atoms with Gasteiger partial charge in [0.25, 0.3) is 0 Å². The summed E-state index contributed by atoms with van der Waals surface area (Å²) in [6.45, 7) is 10.4. The van der Waals surface area contributed by atoms with Crippen molar-refractivity contribution in [2.24, 2.45) is 0 Å². The van der Waals surface area contributed by atoms with Gasteiger partial charge in [-0.2, -0.15) is 0 Å². The van der Waals surface area contributed by atoms with Gasteiger partial charge >= 0.3 is 0 Å². The number of hydrogen-bond acceptors (Lipinski definition) is 2. The van der Waals surface area contributed by atoms with E-state index in [1.54, 1.807) is 6.07 Å². The number of aromatic hydroxyl groups is 1. The minimum absolute atomic E-state index is 0.0230. The maximum absolute atomic E-state index is 10.7. The summed E-state index contributed by atoms with van der Waals surface area (Å²) in [6, 6.07) is 11.4. The fourth-order valence-corrected chi connectivity index (χ4v) is 2.48. The third kappa shape index (κ3) is 3.45. The zero-order chi connectivity index (χ0) is 15.8. The van der Waals surface area contributed by atoms with E-state index in [0.717, 1.165) is 16.7 Å². The van der Waals surface area contributed by atoms with E-state index in [2.05, 4.69) is 26.8 Å². The molecule has 2 aromatic rings. The third-order valence-corrected chi connectivity index (χ3v) is 3.76. The quantitative estimate of drug-likeness (QED) is 0.858. The van der Waals surface area contributed by atoms with Crippen LogP contribution in [0.4, 0.5) is 0 Å². The van der Waals surface area contributed by atoms with Crippen LogP contribution in [-0.4, -0.2) is 10.2 Å². The van der Waals surface area contributed by atoms with Gasteiger partial charge in [0.05, 0.1) is 0 Å². The van der Waals surface area contributed by atoms with Crippen molar-refractivity contribution in [1.82, 2.24) is 0 Å². The van der Waals surface area contributed by atoms with Gasteiger partial charge in [0.15, 0.2) is 0 Å². The first kappa shape index (κ1) is 15.6. The monoisotopic (exact) mass is 284 g/mol. The van der Waals surface area contributed by atoms with Crippen molar-refractivity contribution in [1.29, 1.82) is 0 Å². The highest BCUT2D eigenvalue weighted by Gasteiger charge is 2.19. The fraction of sp³-hybridized carbons (Fsp3) is 0.368. The van der Waals surface area contributed by atoms with Crippen molar-refractivity contribution < 1.29 is 10.2 Å². The van der Waals surface area contributed by atoms with Crippen LogP contribution in [0.25, 0.3) is 0 Å². The predicted octanol–water partition coefficient (Wildman–Crippen LogP) is 4.39. The zero-order valence-corrected chi connectivity index (χ0v) is 13.4. The van der Waals surface area contributed by atoms with Crippen molar-refractivity contribution in [2.45, 2.75) is 46.1 Å². The second-order valence-electron chi connectivity index (χ2n) is 6.85. The number of benzene rings is 2. The lowest BCUT2D eigenvalue weighted by molar-refractivity contribution is 0.215. The Labute approximate surface area is 127 Å². The number of hydrogen-bond donors (Lipinski definition) is 2. The van der Waals surface area contributed by atoms with Crippen molar-refractivity contribution in [2.75, 3.05) is 0 Å². The van der Waals surface area contributed by atoms with E-state index < -0.39 is 6.10 Å². The van der Waals surface area contributed by atoms with Gasteiger partial charge in [-0.1, -0.05) is 56.2 Å². The molecule has 0 radical (unpaired) electrons. The summed E-state index contributed by atoms with van der Waals surface area (Å²) in [6.07, 6.45) is -0.814. The molecule has 2 nitrogen and oxygen atoms in total. The third-order valence-electron chi connectivity index (χ3n) is 3.76. The maximum Gasteiger partial charge on any atom is 0.121 e. The molecule has 0 spiro atoms. The average Bonchev–Trinajstić information content (AvgIpc) is 2.39. The van der Waals surface area contributed by atoms with Crippen LogP contribution in [0.5, 0.6) is 5.75 Å². The molecule has 0 heterocycles. The number of aryl methyl sites for hydroxylation is 2. The molecule has 2 heteroatoms. The molecule has 2 rings (SSSR count). The first-order chi connectivity index (χ1) is 9.68. The number of rotatable bonds is 2. The molecule has 0 amide bonds. The molecule has 1 unspecified atom stereocenters. The molecule has 0 aliphatic rings. The molecule has 0 saturated carbocycles. The van der Waals surface area contributed by atoms with Crippen LogP contribution in [0.15, 0.2) is 36.4 Å². The van der Waals surface area contributed by atoms with E-state index in [-0.39, 0.29) is 11.2 Å². The Hall–Kier alpha value is -1.80. The van der Waals surface area contributed by atoms with Gasteiger partial charge in [-0.3, -0.25) is 0 Å². The van der Waals surface area contributed by atoms with Gasteiger partial charge in [0, 0.05) is 5.56 Å². The predicted molar refractivity (Wildman–Crippen MR) is 86.8 cm³/mol. The Balaban J connectivity index is 2.51. The molecule has 0 aliphatic carbocycles. The number of phenolic OH excluding ortho intramolecular Hbond substituents is 1. The van der Waals surface area contributed by atoms with Crippen LogP contribution in [0.1, 0.15) is 54.7 Å². The average molecular weight is 284 g/mol. The molecule has 2 aromatic carbocycles. The minimum atomic E-state index is -0.814. The molecule has 21 heavy (non-hydrogen) atoms. The molecular weight excluding hydrogens is 260 g/mol. The standard InChI is InChI=1S/C19H24O2/c1-12-6-7-17(20)16(10-12)18(21)14-8-13(2)9-15(11-14)19(3,4)5/h6-11,18,20-21H,1-5H3. The van der Waals surface area contributed by atoms with Crippen LogP contribution in [0, 0.1) is 13.8 Å². The summed E-state index contributed by atoms with van der Waals surface area (Å²) in [5.41, 5.74) is 4.72. The van der Waals surface area contributed by atoms with Gasteiger partial charge in [-0.15, -0.1) is 0 Å². The van der Waals surface area contributed by atoms with E-state index in [1.165, 1.54) is 5.56 Å². The zero-order valence-electron chi connectivity index (χ0n) is 13.4. The Kier molecular flexibility index (Phi) is 4.11. The van der Waals surface area contributed by atoms with Crippen LogP contribution < -0.4 is 0 Å². The van der Waals surface area contributed by atoms with Crippen LogP contribution in [0.3, 0.4) is 0 Å². The van der Waals surface area contributed by atoms with Crippen LogP contribution in [0.2, 0.25) is 0 Å². The first-order valence-corrected chi connectivity index (χ1v) is 7.28. The lowest BCUT2D eigenvalue weighted by Gasteiger charge is -2.22. The van der Waals surface area contributed by atoms with Crippen molar-refractivity contribution in [3.05, 3.63) is 64.2 Å². The summed E-state index contributed by atoms with van der Waals surface area (Å²) in [5.74, 6) is 0.131. The number of aliphatic hydroxyl groups excluding tert-OH is 1. The summed E-state index contributed by atoms with van der Waals surface area (Å²) in [4.78, 5) is 0.